The minimum Gasteiger partial charge on any atom is -0.111 e. The summed E-state index contributed by atoms with van der Waals surface area (Å²) in [5.41, 5.74) is 11.0. The molecule has 1 heteroatoms. The Morgan fingerprint density at radius 3 is 1.42 bits per heavy atom. The molecule has 0 bridgehead atoms. The van der Waals surface area contributed by atoms with Gasteiger partial charge in [0, 0.05) is 0 Å². The van der Waals surface area contributed by atoms with E-state index in [2.05, 4.69) is 41.0 Å². The van der Waals surface area contributed by atoms with E-state index < -0.39 is 8.07 Å². The first kappa shape index (κ1) is 10.6. The second-order valence-corrected chi connectivity index (χ2v) is 4.91. The molecule has 0 aliphatic rings. The summed E-state index contributed by atoms with van der Waals surface area (Å²) in [6.07, 6.45) is 0. The topological polar surface area (TPSA) is 0 Å². The van der Waals surface area contributed by atoms with Gasteiger partial charge in [0.1, 0.15) is 0 Å². The summed E-state index contributed by atoms with van der Waals surface area (Å²) in [6, 6.07) is 0. The molecular formula is C11H12Si. The highest BCUT2D eigenvalue weighted by Crippen LogP contribution is 1.99. The van der Waals surface area contributed by atoms with Crippen molar-refractivity contribution in [3.05, 3.63) is 12.3 Å². The Balaban J connectivity index is 5.17. The van der Waals surface area contributed by atoms with E-state index in [1.807, 2.05) is 5.70 Å². The molecule has 0 saturated carbocycles. The molecule has 0 nitrogen and oxygen atoms in total. The lowest BCUT2D eigenvalue weighted by atomic mass is 10.8. The van der Waals surface area contributed by atoms with Crippen LogP contribution in [0.3, 0.4) is 0 Å². The van der Waals surface area contributed by atoms with Crippen LogP contribution in [-0.4, -0.2) is 8.07 Å². The Labute approximate surface area is 76.1 Å². The fraction of sp³-hybridized carbons (Fsp3) is 0.273. The van der Waals surface area contributed by atoms with Crippen LogP contribution < -0.4 is 0 Å². The Hall–Kier alpha value is -1.36. The van der Waals surface area contributed by atoms with Gasteiger partial charge in [-0.05, 0) is 20.8 Å². The Morgan fingerprint density at radius 2 is 1.25 bits per heavy atom. The second-order valence-electron chi connectivity index (χ2n) is 2.14. The maximum absolute atomic E-state index is 3.74. The fourth-order valence-corrected chi connectivity index (χ4v) is 2.52. The van der Waals surface area contributed by atoms with E-state index in [-0.39, 0.29) is 0 Å². The highest BCUT2D eigenvalue weighted by atomic mass is 28.3. The molecular weight excluding hydrogens is 160 g/mol. The van der Waals surface area contributed by atoms with Crippen LogP contribution in [0.4, 0.5) is 0 Å². The predicted molar refractivity (Wildman–Crippen MR) is 56.3 cm³/mol. The second kappa shape index (κ2) is 5.31. The maximum atomic E-state index is 3.74. The molecule has 0 aromatic rings. The van der Waals surface area contributed by atoms with Crippen molar-refractivity contribution in [1.29, 1.82) is 0 Å². The average molecular weight is 172 g/mol. The molecule has 0 rings (SSSR count). The van der Waals surface area contributed by atoms with E-state index in [0.29, 0.717) is 0 Å². The molecule has 0 spiro atoms. The largest absolute Gasteiger partial charge is 0.313 e. The van der Waals surface area contributed by atoms with E-state index in [1.165, 1.54) is 0 Å². The standard InChI is InChI=1S/C11H12Si/c1-5-9-12(8-4,10-6-2)11-7-3/h8H,4H2,1-3H3. The molecule has 0 aromatic heterocycles. The first-order chi connectivity index (χ1) is 5.74. The Bertz CT molecular complexity index is 280. The molecule has 0 N–H and O–H groups in total. The minimum absolute atomic E-state index is 1.81. The average Bonchev–Trinajstić information content (AvgIpc) is 2.06. The van der Waals surface area contributed by atoms with Crippen molar-refractivity contribution in [2.24, 2.45) is 0 Å². The lowest BCUT2D eigenvalue weighted by Crippen LogP contribution is -2.27. The van der Waals surface area contributed by atoms with Crippen LogP contribution in [0.25, 0.3) is 0 Å². The van der Waals surface area contributed by atoms with Gasteiger partial charge in [0.05, 0.1) is 0 Å². The highest BCUT2D eigenvalue weighted by molar-refractivity contribution is 7.04. The molecule has 0 fully saturated rings. The van der Waals surface area contributed by atoms with Crippen molar-refractivity contribution in [3.63, 3.8) is 0 Å². The molecule has 0 aromatic carbocycles. The molecule has 0 heterocycles. The minimum atomic E-state index is -2.09. The summed E-state index contributed by atoms with van der Waals surface area (Å²) in [4.78, 5) is 0. The van der Waals surface area contributed by atoms with Crippen LogP contribution >= 0.6 is 0 Å². The van der Waals surface area contributed by atoms with Crippen LogP contribution in [-0.2, 0) is 0 Å². The fourth-order valence-electron chi connectivity index (χ4n) is 0.838. The molecule has 0 atom stereocenters. The quantitative estimate of drug-likeness (QED) is 0.418. The van der Waals surface area contributed by atoms with Gasteiger partial charge in [-0.25, -0.2) is 0 Å². The monoisotopic (exact) mass is 172 g/mol. The molecule has 0 amide bonds. The highest BCUT2D eigenvalue weighted by Gasteiger charge is 2.21. The third-order valence-electron chi connectivity index (χ3n) is 1.27. The SMILES string of the molecule is C=C[Si](C#CC)(C#CC)C#CC. The molecule has 0 aliphatic carbocycles. The third kappa shape index (κ3) is 2.71. The molecule has 60 valence electrons. The van der Waals surface area contributed by atoms with Crippen molar-refractivity contribution < 1.29 is 0 Å². The summed E-state index contributed by atoms with van der Waals surface area (Å²) >= 11 is 0. The van der Waals surface area contributed by atoms with Gasteiger partial charge < -0.3 is 0 Å². The van der Waals surface area contributed by atoms with E-state index in [9.17, 15) is 0 Å². The van der Waals surface area contributed by atoms with Crippen LogP contribution in [0, 0.1) is 34.4 Å². The number of rotatable bonds is 1. The van der Waals surface area contributed by atoms with E-state index in [1.54, 1.807) is 20.8 Å². The predicted octanol–water partition coefficient (Wildman–Crippen LogP) is 1.85. The molecule has 0 saturated heterocycles. The zero-order chi connectivity index (χ0) is 9.45. The van der Waals surface area contributed by atoms with Gasteiger partial charge >= 0.3 is 8.07 Å². The van der Waals surface area contributed by atoms with Crippen LogP contribution in [0.15, 0.2) is 12.3 Å². The van der Waals surface area contributed by atoms with Crippen molar-refractivity contribution >= 4 is 8.07 Å². The van der Waals surface area contributed by atoms with Gasteiger partial charge in [0.15, 0.2) is 0 Å². The van der Waals surface area contributed by atoms with Crippen molar-refractivity contribution in [2.45, 2.75) is 20.8 Å². The van der Waals surface area contributed by atoms with Crippen molar-refractivity contribution in [1.82, 2.24) is 0 Å². The van der Waals surface area contributed by atoms with Gasteiger partial charge in [-0.2, -0.15) is 0 Å². The van der Waals surface area contributed by atoms with Gasteiger partial charge in [-0.1, -0.05) is 22.3 Å². The normalized spacial score (nSPS) is 7.58. The summed E-state index contributed by atoms with van der Waals surface area (Å²) in [7, 11) is -2.09. The Kier molecular flexibility index (Phi) is 4.71. The van der Waals surface area contributed by atoms with Gasteiger partial charge in [-0.15, -0.1) is 24.3 Å². The van der Waals surface area contributed by atoms with E-state index in [4.69, 9.17) is 0 Å². The van der Waals surface area contributed by atoms with Crippen LogP contribution in [0.5, 0.6) is 0 Å². The molecule has 0 unspecified atom stereocenters. The van der Waals surface area contributed by atoms with Crippen LogP contribution in [0.2, 0.25) is 0 Å². The van der Waals surface area contributed by atoms with E-state index in [0.717, 1.165) is 0 Å². The molecule has 0 aliphatic heterocycles. The summed E-state index contributed by atoms with van der Waals surface area (Å²) in [5.74, 6) is 8.59. The Morgan fingerprint density at radius 1 is 0.917 bits per heavy atom. The summed E-state index contributed by atoms with van der Waals surface area (Å²) in [5, 5.41) is 0. The molecule has 12 heavy (non-hydrogen) atoms. The van der Waals surface area contributed by atoms with Gasteiger partial charge in [-0.3, -0.25) is 0 Å². The van der Waals surface area contributed by atoms with Crippen molar-refractivity contribution in [3.8, 4) is 34.4 Å². The maximum Gasteiger partial charge on any atom is 0.313 e. The first-order valence-electron chi connectivity index (χ1n) is 3.70. The number of hydrogen-bond donors (Lipinski definition) is 0. The third-order valence-corrected chi connectivity index (χ3v) is 3.82. The van der Waals surface area contributed by atoms with Crippen LogP contribution in [0.1, 0.15) is 20.8 Å². The summed E-state index contributed by atoms with van der Waals surface area (Å²) < 4.78 is 0. The van der Waals surface area contributed by atoms with Crippen molar-refractivity contribution in [2.75, 3.05) is 0 Å². The lowest BCUT2D eigenvalue weighted by molar-refractivity contribution is 1.90. The lowest BCUT2D eigenvalue weighted by Gasteiger charge is -2.03. The first-order valence-corrected chi connectivity index (χ1v) is 5.77. The summed E-state index contributed by atoms with van der Waals surface area (Å²) in [6.45, 7) is 9.16. The zero-order valence-electron chi connectivity index (χ0n) is 7.78. The smallest absolute Gasteiger partial charge is 0.111 e. The van der Waals surface area contributed by atoms with E-state index >= 15 is 0 Å². The number of hydrogen-bond acceptors (Lipinski definition) is 0. The van der Waals surface area contributed by atoms with Gasteiger partial charge in [0.25, 0.3) is 0 Å². The molecule has 0 radical (unpaired) electrons. The zero-order valence-corrected chi connectivity index (χ0v) is 8.78. The van der Waals surface area contributed by atoms with Gasteiger partial charge in [0.2, 0.25) is 0 Å².